The summed E-state index contributed by atoms with van der Waals surface area (Å²) < 4.78 is 27.9. The van der Waals surface area contributed by atoms with E-state index >= 15 is 0 Å². The number of sulfonamides is 1. The minimum atomic E-state index is -3.49. The average Bonchev–Trinajstić information content (AvgIpc) is 2.79. The molecule has 1 saturated heterocycles. The van der Waals surface area contributed by atoms with Gasteiger partial charge in [0.15, 0.2) is 0 Å². The van der Waals surface area contributed by atoms with Crippen molar-refractivity contribution in [1.82, 2.24) is 14.2 Å². The minimum absolute atomic E-state index is 0.368. The van der Waals surface area contributed by atoms with Crippen molar-refractivity contribution in [3.63, 3.8) is 0 Å². The molecule has 1 aromatic heterocycles. The Labute approximate surface area is 176 Å². The van der Waals surface area contributed by atoms with Crippen LogP contribution in [0.5, 0.6) is 0 Å². The summed E-state index contributed by atoms with van der Waals surface area (Å²) in [6, 6.07) is 23.4. The minimum Gasteiger partial charge on any atom is -0.296 e. The summed E-state index contributed by atoms with van der Waals surface area (Å²) in [6.07, 6.45) is 1.82. The number of benzene rings is 3. The molecule has 5 rings (SSSR count). The maximum Gasteiger partial charge on any atom is 0.243 e. The third kappa shape index (κ3) is 3.58. The molecule has 0 radical (unpaired) electrons. The van der Waals surface area contributed by atoms with Gasteiger partial charge in [-0.05, 0) is 34.5 Å². The lowest BCUT2D eigenvalue weighted by atomic mass is 10.1. The van der Waals surface area contributed by atoms with Gasteiger partial charge in [0.1, 0.15) is 0 Å². The van der Waals surface area contributed by atoms with Crippen molar-refractivity contribution in [1.29, 1.82) is 0 Å². The molecule has 0 amide bonds. The molecule has 0 N–H and O–H groups in total. The average molecular weight is 418 g/mol. The van der Waals surface area contributed by atoms with E-state index in [9.17, 15) is 8.42 Å². The molecule has 5 nitrogen and oxygen atoms in total. The van der Waals surface area contributed by atoms with Gasteiger partial charge < -0.3 is 0 Å². The fourth-order valence-electron chi connectivity index (χ4n) is 4.14. The van der Waals surface area contributed by atoms with Gasteiger partial charge in [-0.15, -0.1) is 0 Å². The second-order valence-corrected chi connectivity index (χ2v) is 9.62. The summed E-state index contributed by atoms with van der Waals surface area (Å²) in [5.41, 5.74) is 2.20. The first-order valence-corrected chi connectivity index (χ1v) is 11.6. The first-order valence-electron chi connectivity index (χ1n) is 10.2. The maximum atomic E-state index is 13.2. The van der Waals surface area contributed by atoms with E-state index in [1.807, 2.05) is 42.6 Å². The van der Waals surface area contributed by atoms with Crippen LogP contribution in [0.15, 0.2) is 83.9 Å². The lowest BCUT2D eigenvalue weighted by Gasteiger charge is -2.34. The second kappa shape index (κ2) is 7.80. The Balaban J connectivity index is 1.31. The summed E-state index contributed by atoms with van der Waals surface area (Å²) in [6.45, 7) is 3.17. The molecular weight excluding hydrogens is 394 g/mol. The van der Waals surface area contributed by atoms with Crippen LogP contribution in [-0.2, 0) is 16.6 Å². The third-order valence-corrected chi connectivity index (χ3v) is 7.69. The Bertz CT molecular complexity index is 1310. The summed E-state index contributed by atoms with van der Waals surface area (Å²) in [5, 5.41) is 3.12. The van der Waals surface area contributed by atoms with Crippen LogP contribution in [0, 0.1) is 0 Å². The fraction of sp³-hybridized carbons (Fsp3) is 0.208. The lowest BCUT2D eigenvalue weighted by Crippen LogP contribution is -2.48. The van der Waals surface area contributed by atoms with Crippen molar-refractivity contribution in [2.75, 3.05) is 26.2 Å². The highest BCUT2D eigenvalue weighted by molar-refractivity contribution is 7.89. The predicted octanol–water partition coefficient (Wildman–Crippen LogP) is 3.89. The monoisotopic (exact) mass is 417 g/mol. The standard InChI is InChI=1S/C24H23N3O2S/c28-30(29,23-11-10-19-5-1-2-6-21(19)17-23)27-15-13-26(14-16-27)18-22-8-3-7-20-9-4-12-25-24(20)22/h1-12,17H,13-16,18H2. The van der Waals surface area contributed by atoms with Crippen molar-refractivity contribution in [3.8, 4) is 0 Å². The number of pyridine rings is 1. The van der Waals surface area contributed by atoms with Crippen molar-refractivity contribution in [2.45, 2.75) is 11.4 Å². The number of fused-ring (bicyclic) bond motifs is 2. The van der Waals surface area contributed by atoms with Crippen LogP contribution in [0.2, 0.25) is 0 Å². The van der Waals surface area contributed by atoms with Gasteiger partial charge in [-0.2, -0.15) is 4.31 Å². The van der Waals surface area contributed by atoms with E-state index in [-0.39, 0.29) is 0 Å². The quantitative estimate of drug-likeness (QED) is 0.505. The zero-order chi connectivity index (χ0) is 20.6. The molecule has 6 heteroatoms. The molecule has 0 atom stereocenters. The van der Waals surface area contributed by atoms with Crippen LogP contribution in [0.25, 0.3) is 21.7 Å². The molecule has 1 fully saturated rings. The summed E-state index contributed by atoms with van der Waals surface area (Å²) in [4.78, 5) is 7.20. The summed E-state index contributed by atoms with van der Waals surface area (Å²) in [5.74, 6) is 0. The summed E-state index contributed by atoms with van der Waals surface area (Å²) in [7, 11) is -3.49. The van der Waals surface area contributed by atoms with Crippen molar-refractivity contribution >= 4 is 31.7 Å². The molecule has 0 unspecified atom stereocenters. The van der Waals surface area contributed by atoms with Crippen molar-refractivity contribution < 1.29 is 8.42 Å². The normalized spacial score (nSPS) is 16.3. The molecule has 0 saturated carbocycles. The largest absolute Gasteiger partial charge is 0.296 e. The molecule has 2 heterocycles. The smallest absolute Gasteiger partial charge is 0.243 e. The van der Waals surface area contributed by atoms with Gasteiger partial charge in [0.2, 0.25) is 10.0 Å². The molecular formula is C24H23N3O2S. The van der Waals surface area contributed by atoms with E-state index in [0.29, 0.717) is 31.1 Å². The van der Waals surface area contributed by atoms with E-state index in [1.54, 1.807) is 16.4 Å². The number of para-hydroxylation sites is 1. The van der Waals surface area contributed by atoms with Crippen LogP contribution in [0.1, 0.15) is 5.56 Å². The highest BCUT2D eigenvalue weighted by atomic mass is 32.2. The fourth-order valence-corrected chi connectivity index (χ4v) is 5.60. The molecule has 3 aromatic carbocycles. The van der Waals surface area contributed by atoms with Gasteiger partial charge >= 0.3 is 0 Å². The van der Waals surface area contributed by atoms with Crippen LogP contribution in [0.4, 0.5) is 0 Å². The number of aromatic nitrogens is 1. The summed E-state index contributed by atoms with van der Waals surface area (Å²) >= 11 is 0. The Morgan fingerprint density at radius 2 is 1.50 bits per heavy atom. The van der Waals surface area contributed by atoms with Gasteiger partial charge in [-0.1, -0.05) is 54.6 Å². The number of hydrogen-bond acceptors (Lipinski definition) is 4. The van der Waals surface area contributed by atoms with E-state index in [1.165, 1.54) is 5.56 Å². The highest BCUT2D eigenvalue weighted by Gasteiger charge is 2.28. The van der Waals surface area contributed by atoms with Crippen LogP contribution < -0.4 is 0 Å². The van der Waals surface area contributed by atoms with Gasteiger partial charge in [-0.3, -0.25) is 9.88 Å². The highest BCUT2D eigenvalue weighted by Crippen LogP contribution is 2.24. The Morgan fingerprint density at radius 3 is 2.33 bits per heavy atom. The van der Waals surface area contributed by atoms with Crippen LogP contribution in [0.3, 0.4) is 0 Å². The van der Waals surface area contributed by atoms with Gasteiger partial charge in [0.25, 0.3) is 0 Å². The number of nitrogens with zero attached hydrogens (tertiary/aromatic N) is 3. The number of piperazine rings is 1. The van der Waals surface area contributed by atoms with Gasteiger partial charge in [0.05, 0.1) is 10.4 Å². The lowest BCUT2D eigenvalue weighted by molar-refractivity contribution is 0.182. The van der Waals surface area contributed by atoms with Gasteiger partial charge in [0, 0.05) is 44.3 Å². The molecule has 0 aliphatic carbocycles. The zero-order valence-corrected chi connectivity index (χ0v) is 17.4. The van der Waals surface area contributed by atoms with E-state index in [4.69, 9.17) is 0 Å². The molecule has 1 aliphatic rings. The molecule has 1 aliphatic heterocycles. The molecule has 30 heavy (non-hydrogen) atoms. The maximum absolute atomic E-state index is 13.2. The molecule has 0 bridgehead atoms. The second-order valence-electron chi connectivity index (χ2n) is 7.68. The Hall–Kier alpha value is -2.80. The van der Waals surface area contributed by atoms with E-state index in [2.05, 4.69) is 34.1 Å². The first-order chi connectivity index (χ1) is 14.6. The molecule has 0 spiro atoms. The SMILES string of the molecule is O=S(=O)(c1ccc2ccccc2c1)N1CCN(Cc2cccc3cccnc23)CC1. The third-order valence-electron chi connectivity index (χ3n) is 5.80. The number of hydrogen-bond donors (Lipinski definition) is 0. The zero-order valence-electron chi connectivity index (χ0n) is 16.6. The van der Waals surface area contributed by atoms with Gasteiger partial charge in [-0.25, -0.2) is 8.42 Å². The topological polar surface area (TPSA) is 53.5 Å². The van der Waals surface area contributed by atoms with Crippen molar-refractivity contribution in [2.24, 2.45) is 0 Å². The predicted molar refractivity (Wildman–Crippen MR) is 120 cm³/mol. The van der Waals surface area contributed by atoms with Crippen LogP contribution in [-0.4, -0.2) is 48.8 Å². The Morgan fingerprint density at radius 1 is 0.767 bits per heavy atom. The number of rotatable bonds is 4. The van der Waals surface area contributed by atoms with Crippen molar-refractivity contribution in [3.05, 3.63) is 84.6 Å². The molecule has 152 valence electrons. The molecule has 4 aromatic rings. The van der Waals surface area contributed by atoms with Crippen LogP contribution >= 0.6 is 0 Å². The van der Waals surface area contributed by atoms with E-state index < -0.39 is 10.0 Å². The van der Waals surface area contributed by atoms with E-state index in [0.717, 1.165) is 28.2 Å². The Kier molecular flexibility index (Phi) is 4.98. The first kappa shape index (κ1) is 19.2.